The maximum atomic E-state index is 6.16. The Hall–Kier alpha value is -2.17. The molecule has 26 heavy (non-hydrogen) atoms. The van der Waals surface area contributed by atoms with Crippen molar-refractivity contribution in [3.05, 3.63) is 65.2 Å². The molecule has 136 valence electrons. The number of nitrogens with zero attached hydrogens (tertiary/aromatic N) is 3. The third-order valence-electron chi connectivity index (χ3n) is 5.37. The Labute approximate surface area is 155 Å². The van der Waals surface area contributed by atoms with Crippen LogP contribution in [-0.4, -0.2) is 41.0 Å². The van der Waals surface area contributed by atoms with Gasteiger partial charge >= 0.3 is 0 Å². The largest absolute Gasteiger partial charge is 0.459 e. The Morgan fingerprint density at radius 2 is 1.81 bits per heavy atom. The van der Waals surface area contributed by atoms with Crippen molar-refractivity contribution in [3.8, 4) is 0 Å². The van der Waals surface area contributed by atoms with Gasteiger partial charge in [-0.15, -0.1) is 0 Å². The van der Waals surface area contributed by atoms with Crippen LogP contribution < -0.4 is 0 Å². The minimum atomic E-state index is 0.903. The van der Waals surface area contributed by atoms with E-state index in [-0.39, 0.29) is 0 Å². The van der Waals surface area contributed by atoms with Crippen LogP contribution in [0.15, 0.2) is 47.1 Å². The molecule has 4 heteroatoms. The molecule has 0 N–H and O–H groups in total. The molecule has 4 rings (SSSR count). The Morgan fingerprint density at radius 3 is 2.58 bits per heavy atom. The minimum absolute atomic E-state index is 0.903. The molecule has 1 saturated heterocycles. The number of aryl methyl sites for hydroxylation is 2. The highest BCUT2D eigenvalue weighted by Gasteiger charge is 2.18. The Kier molecular flexibility index (Phi) is 5.05. The molecule has 0 atom stereocenters. The van der Waals surface area contributed by atoms with Gasteiger partial charge in [0.15, 0.2) is 0 Å². The second kappa shape index (κ2) is 7.60. The van der Waals surface area contributed by atoms with Crippen molar-refractivity contribution in [2.75, 3.05) is 26.2 Å². The summed E-state index contributed by atoms with van der Waals surface area (Å²) in [5.41, 5.74) is 4.88. The van der Waals surface area contributed by atoms with Gasteiger partial charge in [-0.1, -0.05) is 17.7 Å². The summed E-state index contributed by atoms with van der Waals surface area (Å²) in [6, 6.07) is 10.6. The smallest absolute Gasteiger partial charge is 0.134 e. The van der Waals surface area contributed by atoms with E-state index >= 15 is 0 Å². The zero-order valence-corrected chi connectivity index (χ0v) is 15.7. The number of pyridine rings is 1. The van der Waals surface area contributed by atoms with Gasteiger partial charge in [0.1, 0.15) is 11.3 Å². The van der Waals surface area contributed by atoms with Crippen molar-refractivity contribution in [3.63, 3.8) is 0 Å². The summed E-state index contributed by atoms with van der Waals surface area (Å²) in [6.45, 7) is 10.7. The Balaban J connectivity index is 1.41. The molecule has 0 aliphatic carbocycles. The molecule has 1 aromatic carbocycles. The highest BCUT2D eigenvalue weighted by molar-refractivity contribution is 5.82. The van der Waals surface area contributed by atoms with Crippen molar-refractivity contribution < 1.29 is 4.42 Å². The van der Waals surface area contributed by atoms with Crippen LogP contribution in [0.2, 0.25) is 0 Å². The van der Waals surface area contributed by atoms with Gasteiger partial charge in [-0.25, -0.2) is 0 Å². The molecule has 0 saturated carbocycles. The van der Waals surface area contributed by atoms with Crippen LogP contribution in [0.5, 0.6) is 0 Å². The molecule has 1 fully saturated rings. The predicted octanol–water partition coefficient (Wildman–Crippen LogP) is 4.15. The fraction of sp³-hybridized carbons (Fsp3) is 0.409. The highest BCUT2D eigenvalue weighted by atomic mass is 16.3. The summed E-state index contributed by atoms with van der Waals surface area (Å²) in [6.07, 6.45) is 5.01. The molecule has 0 radical (unpaired) electrons. The third-order valence-corrected chi connectivity index (χ3v) is 5.37. The van der Waals surface area contributed by atoms with Crippen LogP contribution in [0.1, 0.15) is 28.9 Å². The van der Waals surface area contributed by atoms with E-state index in [1.807, 2.05) is 18.5 Å². The molecule has 4 nitrogen and oxygen atoms in total. The first-order valence-corrected chi connectivity index (χ1v) is 9.51. The van der Waals surface area contributed by atoms with Gasteiger partial charge in [0.25, 0.3) is 0 Å². The van der Waals surface area contributed by atoms with Crippen LogP contribution >= 0.6 is 0 Å². The number of aromatic nitrogens is 1. The summed E-state index contributed by atoms with van der Waals surface area (Å²) in [5.74, 6) is 1.12. The van der Waals surface area contributed by atoms with Gasteiger partial charge in [0.2, 0.25) is 0 Å². The normalized spacial score (nSPS) is 16.8. The van der Waals surface area contributed by atoms with Gasteiger partial charge in [0.05, 0.1) is 6.54 Å². The van der Waals surface area contributed by atoms with Crippen LogP contribution in [0.3, 0.4) is 0 Å². The van der Waals surface area contributed by atoms with E-state index in [2.05, 4.69) is 52.9 Å². The number of rotatable bonds is 4. The predicted molar refractivity (Wildman–Crippen MR) is 105 cm³/mol. The molecule has 1 aliphatic heterocycles. The van der Waals surface area contributed by atoms with Crippen molar-refractivity contribution in [1.82, 2.24) is 14.8 Å². The lowest BCUT2D eigenvalue weighted by atomic mass is 10.1. The minimum Gasteiger partial charge on any atom is -0.459 e. The van der Waals surface area contributed by atoms with E-state index in [0.29, 0.717) is 0 Å². The van der Waals surface area contributed by atoms with Gasteiger partial charge in [-0.2, -0.15) is 0 Å². The van der Waals surface area contributed by atoms with Crippen molar-refractivity contribution in [1.29, 1.82) is 0 Å². The van der Waals surface area contributed by atoms with Gasteiger partial charge in [-0.3, -0.25) is 14.8 Å². The van der Waals surface area contributed by atoms with Crippen molar-refractivity contribution >= 4 is 11.0 Å². The number of benzene rings is 1. The summed E-state index contributed by atoms with van der Waals surface area (Å²) < 4.78 is 6.16. The average Bonchev–Trinajstić information content (AvgIpc) is 2.81. The summed E-state index contributed by atoms with van der Waals surface area (Å²) in [5, 5.41) is 1.26. The second-order valence-electron chi connectivity index (χ2n) is 7.42. The van der Waals surface area contributed by atoms with E-state index in [4.69, 9.17) is 4.42 Å². The SMILES string of the molecule is Cc1ccc2oc(CN3CCCN(Cc4cccnc4)CC3)c(C)c2c1. The molecule has 0 spiro atoms. The first-order valence-electron chi connectivity index (χ1n) is 9.51. The van der Waals surface area contributed by atoms with E-state index < -0.39 is 0 Å². The van der Waals surface area contributed by atoms with Gasteiger partial charge in [-0.05, 0) is 62.7 Å². The fourth-order valence-electron chi connectivity index (χ4n) is 3.83. The number of fused-ring (bicyclic) bond motifs is 1. The van der Waals surface area contributed by atoms with E-state index in [9.17, 15) is 0 Å². The van der Waals surface area contributed by atoms with E-state index in [1.54, 1.807) is 0 Å². The Morgan fingerprint density at radius 1 is 1.00 bits per heavy atom. The van der Waals surface area contributed by atoms with Crippen LogP contribution in [-0.2, 0) is 13.1 Å². The van der Waals surface area contributed by atoms with Crippen LogP contribution in [0.25, 0.3) is 11.0 Å². The number of furan rings is 1. The highest BCUT2D eigenvalue weighted by Crippen LogP contribution is 2.27. The van der Waals surface area contributed by atoms with Gasteiger partial charge < -0.3 is 4.42 Å². The lowest BCUT2D eigenvalue weighted by molar-refractivity contribution is 0.235. The van der Waals surface area contributed by atoms with Crippen LogP contribution in [0, 0.1) is 13.8 Å². The van der Waals surface area contributed by atoms with Crippen LogP contribution in [0.4, 0.5) is 0 Å². The van der Waals surface area contributed by atoms with Crippen molar-refractivity contribution in [2.24, 2.45) is 0 Å². The summed E-state index contributed by atoms with van der Waals surface area (Å²) >= 11 is 0. The molecule has 2 aromatic heterocycles. The zero-order chi connectivity index (χ0) is 17.9. The first kappa shape index (κ1) is 17.3. The lowest BCUT2D eigenvalue weighted by Crippen LogP contribution is -2.30. The number of hydrogen-bond donors (Lipinski definition) is 0. The maximum absolute atomic E-state index is 6.16. The van der Waals surface area contributed by atoms with Gasteiger partial charge in [0, 0.05) is 37.4 Å². The fourth-order valence-corrected chi connectivity index (χ4v) is 3.83. The molecule has 3 aromatic rings. The molecule has 1 aliphatic rings. The first-order chi connectivity index (χ1) is 12.7. The lowest BCUT2D eigenvalue weighted by Gasteiger charge is -2.21. The average molecular weight is 349 g/mol. The molecule has 0 amide bonds. The third kappa shape index (κ3) is 3.81. The molecule has 3 heterocycles. The topological polar surface area (TPSA) is 32.5 Å². The molecular weight excluding hydrogens is 322 g/mol. The van der Waals surface area contributed by atoms with E-state index in [0.717, 1.165) is 50.6 Å². The molecule has 0 bridgehead atoms. The zero-order valence-electron chi connectivity index (χ0n) is 15.7. The second-order valence-corrected chi connectivity index (χ2v) is 7.42. The summed E-state index contributed by atoms with van der Waals surface area (Å²) in [7, 11) is 0. The summed E-state index contributed by atoms with van der Waals surface area (Å²) in [4.78, 5) is 9.29. The standard InChI is InChI=1S/C22H27N3O/c1-17-6-7-21-20(13-17)18(2)22(26-21)16-25-10-4-9-24(11-12-25)15-19-5-3-8-23-14-19/h3,5-8,13-14H,4,9-12,15-16H2,1-2H3. The van der Waals surface area contributed by atoms with Crippen molar-refractivity contribution in [2.45, 2.75) is 33.4 Å². The monoisotopic (exact) mass is 349 g/mol. The molecule has 0 unspecified atom stereocenters. The Bertz CT molecular complexity index is 872. The quantitative estimate of drug-likeness (QED) is 0.708. The number of hydrogen-bond acceptors (Lipinski definition) is 4. The maximum Gasteiger partial charge on any atom is 0.134 e. The molecular formula is C22H27N3O. The van der Waals surface area contributed by atoms with E-state index in [1.165, 1.54) is 28.5 Å².